The van der Waals surface area contributed by atoms with Crippen molar-refractivity contribution in [1.82, 2.24) is 0 Å². The van der Waals surface area contributed by atoms with Crippen LogP contribution in [0.2, 0.25) is 4.71 Å². The van der Waals surface area contributed by atoms with Gasteiger partial charge in [0.15, 0.2) is 0 Å². The van der Waals surface area contributed by atoms with Crippen LogP contribution in [0.25, 0.3) is 0 Å². The first-order valence-corrected chi connectivity index (χ1v) is 10.8. The van der Waals surface area contributed by atoms with Gasteiger partial charge in [0.1, 0.15) is 0 Å². The Morgan fingerprint density at radius 1 is 1.05 bits per heavy atom. The van der Waals surface area contributed by atoms with Gasteiger partial charge in [-0.15, -0.1) is 0 Å². The molecule has 3 nitrogen and oxygen atoms in total. The average molecular weight is 342 g/mol. The van der Waals surface area contributed by atoms with Crippen LogP contribution >= 0.6 is 0 Å². The Morgan fingerprint density at radius 3 is 2.43 bits per heavy atom. The fourth-order valence-electron chi connectivity index (χ4n) is 3.91. The third kappa shape index (κ3) is 1.58. The van der Waals surface area contributed by atoms with E-state index in [2.05, 4.69) is 0 Å². The molecule has 0 spiro atoms. The predicted molar refractivity (Wildman–Crippen MR) is 80.8 cm³/mol. The Morgan fingerprint density at radius 2 is 1.71 bits per heavy atom. The first-order valence-electron chi connectivity index (χ1n) is 7.11. The Hall–Kier alpha value is -1.73. The van der Waals surface area contributed by atoms with E-state index in [9.17, 15) is 13.6 Å². The first kappa shape index (κ1) is 13.0. The van der Waals surface area contributed by atoms with E-state index >= 15 is 0 Å². The van der Waals surface area contributed by atoms with Crippen molar-refractivity contribution < 1.29 is 13.6 Å². The molecule has 4 unspecified atom stereocenters. The second kappa shape index (κ2) is 4.38. The van der Waals surface area contributed by atoms with Crippen molar-refractivity contribution in [3.8, 4) is 0 Å². The van der Waals surface area contributed by atoms with Crippen LogP contribution in [0.5, 0.6) is 0 Å². The average Bonchev–Trinajstić information content (AvgIpc) is 2.65. The number of carboxylic acid groups (broad SMARTS) is 1. The van der Waals surface area contributed by atoms with Crippen LogP contribution in [-0.2, 0) is 8.53 Å². The second-order valence-electron chi connectivity index (χ2n) is 5.83. The number of hydrogen-bond donors (Lipinski definition) is 1. The molecule has 2 aromatic rings. The first-order chi connectivity index (χ1) is 10.1. The molecule has 1 heterocycles. The molecule has 4 atom stereocenters. The van der Waals surface area contributed by atoms with Crippen molar-refractivity contribution in [2.24, 2.45) is 5.92 Å². The van der Waals surface area contributed by atoms with Crippen molar-refractivity contribution in [2.45, 2.75) is 17.0 Å². The third-order valence-corrected chi connectivity index (χ3v) is 12.6. The van der Waals surface area contributed by atoms with Gasteiger partial charge in [-0.2, -0.15) is 0 Å². The Balaban J connectivity index is 1.92. The molecule has 1 N–H and O–H groups in total. The summed E-state index contributed by atoms with van der Waals surface area (Å²) in [6.07, 6.45) is 0.542. The zero-order valence-corrected chi connectivity index (χ0v) is 13.2. The van der Waals surface area contributed by atoms with Crippen molar-refractivity contribution in [3.63, 3.8) is 0 Å². The summed E-state index contributed by atoms with van der Waals surface area (Å²) < 4.78 is 15.7. The van der Waals surface area contributed by atoms with Gasteiger partial charge in [-0.1, -0.05) is 0 Å². The molecule has 0 amide bonds. The predicted octanol–water partition coefficient (Wildman–Crippen LogP) is 1.75. The standard InChI is InChI=1S/C17H15AsO3/c19-17(20)13-10-15-16(13)12-8-4-5-9-14(12)18(15,21)11-6-2-1-3-7-11/h1-9,13,15-16H,10H2,(H,19,20). The van der Waals surface area contributed by atoms with E-state index in [4.69, 9.17) is 0 Å². The maximum absolute atomic E-state index is 13.9. The van der Waals surface area contributed by atoms with Crippen LogP contribution in [-0.4, -0.2) is 24.6 Å². The van der Waals surface area contributed by atoms with Crippen molar-refractivity contribution in [2.75, 3.05) is 0 Å². The summed E-state index contributed by atoms with van der Waals surface area (Å²) in [5, 5.41) is 9.36. The molecular formula is C17H15AsO3. The Kier molecular flexibility index (Phi) is 2.70. The topological polar surface area (TPSA) is 54.4 Å². The van der Waals surface area contributed by atoms with E-state index in [1.54, 1.807) is 0 Å². The summed E-state index contributed by atoms with van der Waals surface area (Å²) in [6.45, 7) is 0. The van der Waals surface area contributed by atoms with Crippen LogP contribution in [0.4, 0.5) is 0 Å². The summed E-state index contributed by atoms with van der Waals surface area (Å²) in [6, 6.07) is 17.4. The van der Waals surface area contributed by atoms with Crippen LogP contribution in [0, 0.1) is 5.92 Å². The van der Waals surface area contributed by atoms with E-state index in [1.165, 1.54) is 0 Å². The normalized spacial score (nSPS) is 32.9. The fraction of sp³-hybridized carbons (Fsp3) is 0.235. The fourth-order valence-corrected chi connectivity index (χ4v) is 12.1. The van der Waals surface area contributed by atoms with Gasteiger partial charge in [-0.05, 0) is 0 Å². The van der Waals surface area contributed by atoms with E-state index in [0.717, 1.165) is 14.3 Å². The number of rotatable bonds is 2. The van der Waals surface area contributed by atoms with Gasteiger partial charge in [0.05, 0.1) is 0 Å². The van der Waals surface area contributed by atoms with Crippen LogP contribution in [0.1, 0.15) is 17.9 Å². The van der Waals surface area contributed by atoms with Gasteiger partial charge in [0.25, 0.3) is 0 Å². The molecule has 1 aliphatic heterocycles. The van der Waals surface area contributed by atoms with E-state index < -0.39 is 19.5 Å². The molecule has 4 rings (SSSR count). The number of carbonyl (C=O) groups is 1. The van der Waals surface area contributed by atoms with Gasteiger partial charge in [-0.3, -0.25) is 0 Å². The molecule has 1 aliphatic carbocycles. The van der Waals surface area contributed by atoms with Crippen molar-refractivity contribution in [3.05, 3.63) is 60.2 Å². The zero-order chi connectivity index (χ0) is 14.6. The monoisotopic (exact) mass is 342 g/mol. The Bertz CT molecular complexity index is 769. The van der Waals surface area contributed by atoms with E-state index in [0.29, 0.717) is 6.42 Å². The minimum absolute atomic E-state index is 0.0176. The SMILES string of the molecule is O=C(O)C1CC2C1c1ccccc1[As]2(=O)c1ccccc1. The zero-order valence-electron chi connectivity index (χ0n) is 11.3. The molecule has 106 valence electrons. The summed E-state index contributed by atoms with van der Waals surface area (Å²) in [4.78, 5) is 11.4. The minimum atomic E-state index is -3.48. The van der Waals surface area contributed by atoms with Crippen LogP contribution in [0.15, 0.2) is 54.6 Å². The van der Waals surface area contributed by atoms with Crippen LogP contribution < -0.4 is 8.70 Å². The molecule has 4 heteroatoms. The summed E-state index contributed by atoms with van der Waals surface area (Å²) in [5.74, 6) is -1.20. The molecular weight excluding hydrogens is 327 g/mol. The molecule has 2 aliphatic rings. The summed E-state index contributed by atoms with van der Waals surface area (Å²) in [5.41, 5.74) is 1.01. The van der Waals surface area contributed by atoms with E-state index in [1.807, 2.05) is 54.6 Å². The number of fused-ring (bicyclic) bond motifs is 3. The van der Waals surface area contributed by atoms with Gasteiger partial charge in [-0.25, -0.2) is 0 Å². The number of hydrogen-bond acceptors (Lipinski definition) is 2. The molecule has 0 bridgehead atoms. The van der Waals surface area contributed by atoms with Gasteiger partial charge < -0.3 is 0 Å². The van der Waals surface area contributed by atoms with Crippen molar-refractivity contribution >= 4 is 28.2 Å². The maximum atomic E-state index is 13.9. The van der Waals surface area contributed by atoms with Crippen molar-refractivity contribution in [1.29, 1.82) is 0 Å². The molecule has 0 radical (unpaired) electrons. The summed E-state index contributed by atoms with van der Waals surface area (Å²) in [7, 11) is 0. The van der Waals surface area contributed by atoms with Crippen LogP contribution in [0.3, 0.4) is 0 Å². The van der Waals surface area contributed by atoms with Gasteiger partial charge in [0.2, 0.25) is 0 Å². The summed E-state index contributed by atoms with van der Waals surface area (Å²) >= 11 is -3.48. The molecule has 0 saturated heterocycles. The number of benzene rings is 2. The molecule has 2 aromatic carbocycles. The molecule has 0 aromatic heterocycles. The molecule has 1 saturated carbocycles. The number of carboxylic acids is 1. The molecule has 1 fully saturated rings. The molecule has 21 heavy (non-hydrogen) atoms. The van der Waals surface area contributed by atoms with E-state index in [-0.39, 0.29) is 16.5 Å². The van der Waals surface area contributed by atoms with Gasteiger partial charge >= 0.3 is 125 Å². The third-order valence-electron chi connectivity index (χ3n) is 4.92. The number of aliphatic carboxylic acids is 1. The van der Waals surface area contributed by atoms with Gasteiger partial charge in [0, 0.05) is 0 Å². The second-order valence-corrected chi connectivity index (χ2v) is 12.1. The quantitative estimate of drug-likeness (QED) is 0.846. The Labute approximate surface area is 125 Å².